The molecule has 5 nitrogen and oxygen atoms in total. The van der Waals surface area contributed by atoms with Gasteiger partial charge in [-0.15, -0.1) is 0 Å². The van der Waals surface area contributed by atoms with E-state index in [1.165, 1.54) is 31.4 Å². The van der Waals surface area contributed by atoms with Crippen LogP contribution in [-0.2, 0) is 6.54 Å². The van der Waals surface area contributed by atoms with Crippen molar-refractivity contribution in [1.29, 1.82) is 0 Å². The Morgan fingerprint density at radius 2 is 1.93 bits per heavy atom. The van der Waals surface area contributed by atoms with E-state index in [-0.39, 0.29) is 23.7 Å². The lowest BCUT2D eigenvalue weighted by Gasteiger charge is -2.31. The summed E-state index contributed by atoms with van der Waals surface area (Å²) < 4.78 is 18.5. The van der Waals surface area contributed by atoms with Gasteiger partial charge in [0.25, 0.3) is 5.91 Å². The van der Waals surface area contributed by atoms with Gasteiger partial charge in [0.15, 0.2) is 0 Å². The number of nitrogens with zero attached hydrogens (tertiary/aromatic N) is 2. The normalized spacial score (nSPS) is 21.5. The van der Waals surface area contributed by atoms with Crippen LogP contribution < -0.4 is 5.32 Å². The van der Waals surface area contributed by atoms with Crippen molar-refractivity contribution in [2.24, 2.45) is 0 Å². The number of carbonyl (C=O) groups is 1. The zero-order valence-electron chi connectivity index (χ0n) is 16.2. The molecule has 28 heavy (non-hydrogen) atoms. The van der Waals surface area contributed by atoms with E-state index >= 15 is 0 Å². The van der Waals surface area contributed by atoms with Crippen LogP contribution in [0, 0.1) is 5.82 Å². The van der Waals surface area contributed by atoms with E-state index in [4.69, 9.17) is 4.52 Å². The van der Waals surface area contributed by atoms with Crippen LogP contribution in [0.3, 0.4) is 0 Å². The van der Waals surface area contributed by atoms with Crippen LogP contribution in [0.5, 0.6) is 0 Å². The van der Waals surface area contributed by atoms with Crippen LogP contribution in [0.4, 0.5) is 4.39 Å². The topological polar surface area (TPSA) is 58.4 Å². The lowest BCUT2D eigenvalue weighted by Crippen LogP contribution is -2.36. The fourth-order valence-corrected chi connectivity index (χ4v) is 4.38. The van der Waals surface area contributed by atoms with Crippen LogP contribution in [-0.4, -0.2) is 35.1 Å². The summed E-state index contributed by atoms with van der Waals surface area (Å²) in [4.78, 5) is 14.8. The molecule has 6 heteroatoms. The number of likely N-dealkylation sites (tertiary alicyclic amines) is 1. The summed E-state index contributed by atoms with van der Waals surface area (Å²) in [6, 6.07) is 8.75. The van der Waals surface area contributed by atoms with Crippen molar-refractivity contribution in [3.63, 3.8) is 0 Å². The highest BCUT2D eigenvalue weighted by atomic mass is 19.1. The lowest BCUT2D eigenvalue weighted by atomic mass is 9.94. The summed E-state index contributed by atoms with van der Waals surface area (Å²) in [7, 11) is 0. The SMILES string of the molecule is O=C(NC1CCCCC1)c1cc(C2CCCN(Cc3ccc(F)cc3)C2)no1. The van der Waals surface area contributed by atoms with E-state index in [0.29, 0.717) is 5.76 Å². The molecule has 0 bridgehead atoms. The Hall–Kier alpha value is -2.21. The number of carbonyl (C=O) groups excluding carboxylic acids is 1. The molecule has 150 valence electrons. The van der Waals surface area contributed by atoms with Gasteiger partial charge in [-0.1, -0.05) is 36.6 Å². The van der Waals surface area contributed by atoms with E-state index in [9.17, 15) is 9.18 Å². The monoisotopic (exact) mass is 385 g/mol. The van der Waals surface area contributed by atoms with E-state index < -0.39 is 0 Å². The molecule has 2 fully saturated rings. The second-order valence-electron chi connectivity index (χ2n) is 8.13. The number of nitrogens with one attached hydrogen (secondary N) is 1. The second-order valence-corrected chi connectivity index (χ2v) is 8.13. The van der Waals surface area contributed by atoms with Gasteiger partial charge in [0.1, 0.15) is 5.82 Å². The molecule has 1 aromatic carbocycles. The van der Waals surface area contributed by atoms with E-state index in [2.05, 4.69) is 15.4 Å². The zero-order chi connectivity index (χ0) is 19.3. The molecule has 4 rings (SSSR count). The van der Waals surface area contributed by atoms with Crippen molar-refractivity contribution in [3.05, 3.63) is 53.2 Å². The Morgan fingerprint density at radius 1 is 1.14 bits per heavy atom. The summed E-state index contributed by atoms with van der Waals surface area (Å²) in [5, 5.41) is 7.28. The van der Waals surface area contributed by atoms with Crippen molar-refractivity contribution in [3.8, 4) is 0 Å². The number of benzene rings is 1. The minimum absolute atomic E-state index is 0.148. The first-order valence-corrected chi connectivity index (χ1v) is 10.4. The fraction of sp³-hybridized carbons (Fsp3) is 0.545. The van der Waals surface area contributed by atoms with Gasteiger partial charge < -0.3 is 9.84 Å². The highest BCUT2D eigenvalue weighted by molar-refractivity contribution is 5.91. The summed E-state index contributed by atoms with van der Waals surface area (Å²) in [5.41, 5.74) is 1.97. The summed E-state index contributed by atoms with van der Waals surface area (Å²) in [5.74, 6) is 0.219. The number of halogens is 1. The standard InChI is InChI=1S/C22H28FN3O2/c23-18-10-8-16(9-11-18)14-26-12-4-5-17(15-26)20-13-21(28-25-20)22(27)24-19-6-2-1-3-7-19/h8-11,13,17,19H,1-7,12,14-15H2,(H,24,27). The molecule has 1 aliphatic carbocycles. The van der Waals surface area contributed by atoms with E-state index in [1.807, 2.05) is 18.2 Å². The number of piperidine rings is 1. The number of hydrogen-bond donors (Lipinski definition) is 1. The van der Waals surface area contributed by atoms with Crippen molar-refractivity contribution >= 4 is 5.91 Å². The van der Waals surface area contributed by atoms with Gasteiger partial charge >= 0.3 is 0 Å². The van der Waals surface area contributed by atoms with Gasteiger partial charge in [-0.25, -0.2) is 4.39 Å². The molecule has 2 heterocycles. The van der Waals surface area contributed by atoms with Crippen molar-refractivity contribution in [2.45, 2.75) is 63.5 Å². The molecule has 1 aliphatic heterocycles. The van der Waals surface area contributed by atoms with Crippen LogP contribution in [0.2, 0.25) is 0 Å². The summed E-state index contributed by atoms with van der Waals surface area (Å²) >= 11 is 0. The summed E-state index contributed by atoms with van der Waals surface area (Å²) in [6.07, 6.45) is 7.83. The highest BCUT2D eigenvalue weighted by Gasteiger charge is 2.26. The van der Waals surface area contributed by atoms with E-state index in [1.54, 1.807) is 0 Å². The van der Waals surface area contributed by atoms with Gasteiger partial charge in [0, 0.05) is 31.1 Å². The predicted octanol–water partition coefficient (Wildman–Crippen LogP) is 4.26. The molecule has 2 aliphatic rings. The first-order chi connectivity index (χ1) is 13.7. The maximum atomic E-state index is 13.1. The molecule has 0 spiro atoms. The second kappa shape index (κ2) is 8.86. The number of rotatable bonds is 5. The Kier molecular flexibility index (Phi) is 6.05. The van der Waals surface area contributed by atoms with Crippen molar-refractivity contribution < 1.29 is 13.7 Å². The third kappa shape index (κ3) is 4.79. The lowest BCUT2D eigenvalue weighted by molar-refractivity contribution is 0.0890. The Labute approximate surface area is 165 Å². The van der Waals surface area contributed by atoms with E-state index in [0.717, 1.165) is 56.6 Å². The predicted molar refractivity (Wildman–Crippen MR) is 104 cm³/mol. The van der Waals surface area contributed by atoms with Crippen LogP contribution >= 0.6 is 0 Å². The molecule has 1 aromatic heterocycles. The van der Waals surface area contributed by atoms with Crippen LogP contribution in [0.25, 0.3) is 0 Å². The quantitative estimate of drug-likeness (QED) is 0.836. The molecule has 1 amide bonds. The third-order valence-electron chi connectivity index (χ3n) is 5.94. The third-order valence-corrected chi connectivity index (χ3v) is 5.94. The first kappa shape index (κ1) is 19.1. The molecule has 1 N–H and O–H groups in total. The van der Waals surface area contributed by atoms with Gasteiger partial charge in [-0.2, -0.15) is 0 Å². The Bertz CT molecular complexity index is 783. The van der Waals surface area contributed by atoms with Crippen molar-refractivity contribution in [1.82, 2.24) is 15.4 Å². The van der Waals surface area contributed by atoms with Gasteiger partial charge in [0.05, 0.1) is 5.69 Å². The first-order valence-electron chi connectivity index (χ1n) is 10.4. The molecule has 1 unspecified atom stereocenters. The molecule has 2 aromatic rings. The Balaban J connectivity index is 1.34. The fourth-order valence-electron chi connectivity index (χ4n) is 4.38. The number of amides is 1. The zero-order valence-corrected chi connectivity index (χ0v) is 16.2. The molecular weight excluding hydrogens is 357 g/mol. The van der Waals surface area contributed by atoms with Crippen molar-refractivity contribution in [2.75, 3.05) is 13.1 Å². The molecule has 0 radical (unpaired) electrons. The van der Waals surface area contributed by atoms with Gasteiger partial charge in [-0.05, 0) is 49.9 Å². The molecule has 1 atom stereocenters. The van der Waals surface area contributed by atoms with Crippen LogP contribution in [0.1, 0.15) is 72.7 Å². The average molecular weight is 385 g/mol. The van der Waals surface area contributed by atoms with Gasteiger partial charge in [0.2, 0.25) is 5.76 Å². The largest absolute Gasteiger partial charge is 0.351 e. The number of hydrogen-bond acceptors (Lipinski definition) is 4. The average Bonchev–Trinajstić information content (AvgIpc) is 3.21. The van der Waals surface area contributed by atoms with Crippen LogP contribution in [0.15, 0.2) is 34.9 Å². The maximum absolute atomic E-state index is 13.1. The summed E-state index contributed by atoms with van der Waals surface area (Å²) in [6.45, 7) is 2.68. The van der Waals surface area contributed by atoms with Gasteiger partial charge in [-0.3, -0.25) is 9.69 Å². The molecule has 1 saturated carbocycles. The minimum Gasteiger partial charge on any atom is -0.351 e. The Morgan fingerprint density at radius 3 is 2.71 bits per heavy atom. The number of aromatic nitrogens is 1. The minimum atomic E-state index is -0.207. The maximum Gasteiger partial charge on any atom is 0.290 e. The molecule has 1 saturated heterocycles. The highest BCUT2D eigenvalue weighted by Crippen LogP contribution is 2.28. The smallest absolute Gasteiger partial charge is 0.290 e. The molecular formula is C22H28FN3O2.